The van der Waals surface area contributed by atoms with Crippen LogP contribution in [-0.2, 0) is 0 Å². The molecule has 0 aromatic heterocycles. The van der Waals surface area contributed by atoms with Crippen molar-refractivity contribution in [2.24, 2.45) is 10.9 Å². The van der Waals surface area contributed by atoms with E-state index in [0.717, 1.165) is 23.4 Å². The lowest BCUT2D eigenvalue weighted by Gasteiger charge is -2.50. The molecule has 0 spiro atoms. The van der Waals surface area contributed by atoms with Crippen molar-refractivity contribution in [3.63, 3.8) is 0 Å². The largest absolute Gasteiger partial charge is 0.409 e. The van der Waals surface area contributed by atoms with Crippen LogP contribution in [0.2, 0.25) is 0 Å². The smallest absolute Gasteiger partial charge is 0.172 e. The standard InChI is InChI=1S/C16H26N4O/c1-12-7-5-8-13(15(17)18-21)14(12)20(4)11-16(19(2)3)9-6-10-16/h5,7-8,21H,6,9-11H2,1-4H3,(H2,17,18). The Morgan fingerprint density at radius 1 is 1.33 bits per heavy atom. The van der Waals surface area contributed by atoms with Gasteiger partial charge in [-0.15, -0.1) is 0 Å². The Kier molecular flexibility index (Phi) is 4.42. The third-order valence-electron chi connectivity index (χ3n) is 4.77. The Hall–Kier alpha value is -1.75. The molecule has 0 radical (unpaired) electrons. The van der Waals surface area contributed by atoms with Crippen LogP contribution in [0.5, 0.6) is 0 Å². The van der Waals surface area contributed by atoms with Gasteiger partial charge in [0, 0.05) is 24.7 Å². The number of aryl methyl sites for hydroxylation is 1. The first-order valence-electron chi connectivity index (χ1n) is 7.37. The summed E-state index contributed by atoms with van der Waals surface area (Å²) >= 11 is 0. The molecule has 1 saturated carbocycles. The van der Waals surface area contributed by atoms with Crippen LogP contribution in [0.25, 0.3) is 0 Å². The highest BCUT2D eigenvalue weighted by Gasteiger charge is 2.40. The summed E-state index contributed by atoms with van der Waals surface area (Å²) in [5.74, 6) is 0.160. The Labute approximate surface area is 127 Å². The summed E-state index contributed by atoms with van der Waals surface area (Å²) in [6.07, 6.45) is 3.72. The van der Waals surface area contributed by atoms with Crippen molar-refractivity contribution < 1.29 is 5.21 Å². The molecule has 5 nitrogen and oxygen atoms in total. The second-order valence-corrected chi connectivity index (χ2v) is 6.28. The van der Waals surface area contributed by atoms with Crippen LogP contribution in [0.1, 0.15) is 30.4 Å². The average Bonchev–Trinajstić information content (AvgIpc) is 2.40. The molecule has 2 rings (SSSR count). The molecule has 1 aromatic carbocycles. The number of benzene rings is 1. The first-order valence-corrected chi connectivity index (χ1v) is 7.37. The maximum absolute atomic E-state index is 9.00. The third kappa shape index (κ3) is 2.83. The van der Waals surface area contributed by atoms with E-state index >= 15 is 0 Å². The normalized spacial score (nSPS) is 17.7. The van der Waals surface area contributed by atoms with Gasteiger partial charge in [0.05, 0.1) is 5.69 Å². The van der Waals surface area contributed by atoms with Gasteiger partial charge in [0.15, 0.2) is 5.84 Å². The topological polar surface area (TPSA) is 65.1 Å². The molecule has 0 amide bonds. The molecular weight excluding hydrogens is 264 g/mol. The lowest BCUT2D eigenvalue weighted by Crippen LogP contribution is -2.57. The van der Waals surface area contributed by atoms with Crippen LogP contribution in [0.4, 0.5) is 5.69 Å². The van der Waals surface area contributed by atoms with Crippen molar-refractivity contribution in [1.29, 1.82) is 0 Å². The van der Waals surface area contributed by atoms with Crippen LogP contribution in [0, 0.1) is 6.92 Å². The molecule has 1 aromatic rings. The first kappa shape index (κ1) is 15.6. The molecule has 116 valence electrons. The summed E-state index contributed by atoms with van der Waals surface area (Å²) in [6, 6.07) is 5.89. The monoisotopic (exact) mass is 290 g/mol. The molecule has 0 aliphatic heterocycles. The zero-order valence-electron chi connectivity index (χ0n) is 13.4. The molecule has 21 heavy (non-hydrogen) atoms. The van der Waals surface area contributed by atoms with Gasteiger partial charge in [0.2, 0.25) is 0 Å². The molecule has 0 bridgehead atoms. The van der Waals surface area contributed by atoms with Gasteiger partial charge in [-0.3, -0.25) is 0 Å². The number of hydrogen-bond acceptors (Lipinski definition) is 4. The second kappa shape index (κ2) is 5.93. The Balaban J connectivity index is 2.33. The van der Waals surface area contributed by atoms with Gasteiger partial charge >= 0.3 is 0 Å². The minimum Gasteiger partial charge on any atom is -0.409 e. The molecule has 3 N–H and O–H groups in total. The fraction of sp³-hybridized carbons (Fsp3) is 0.562. The fourth-order valence-corrected chi connectivity index (χ4v) is 3.28. The van der Waals surface area contributed by atoms with Gasteiger partial charge in [-0.2, -0.15) is 0 Å². The van der Waals surface area contributed by atoms with Crippen molar-refractivity contribution >= 4 is 11.5 Å². The van der Waals surface area contributed by atoms with E-state index in [9.17, 15) is 0 Å². The molecule has 1 fully saturated rings. The van der Waals surface area contributed by atoms with E-state index in [-0.39, 0.29) is 11.4 Å². The first-order chi connectivity index (χ1) is 9.91. The molecule has 5 heteroatoms. The van der Waals surface area contributed by atoms with E-state index in [1.165, 1.54) is 19.3 Å². The van der Waals surface area contributed by atoms with Gasteiger partial charge in [-0.05, 0) is 51.9 Å². The summed E-state index contributed by atoms with van der Waals surface area (Å²) in [6.45, 7) is 3.00. The van der Waals surface area contributed by atoms with E-state index in [4.69, 9.17) is 10.9 Å². The lowest BCUT2D eigenvalue weighted by atomic mass is 9.75. The number of likely N-dealkylation sites (N-methyl/N-ethyl adjacent to an activating group) is 2. The molecular formula is C16H26N4O. The summed E-state index contributed by atoms with van der Waals surface area (Å²) in [7, 11) is 6.38. The van der Waals surface area contributed by atoms with Crippen LogP contribution < -0.4 is 10.6 Å². The number of nitrogens with two attached hydrogens (primary N) is 1. The SMILES string of the molecule is Cc1cccc(/C(N)=N/O)c1N(C)CC1(N(C)C)CCC1. The number of hydrogen-bond donors (Lipinski definition) is 2. The third-order valence-corrected chi connectivity index (χ3v) is 4.77. The van der Waals surface area contributed by atoms with Crippen molar-refractivity contribution in [2.45, 2.75) is 31.7 Å². The number of anilines is 1. The second-order valence-electron chi connectivity index (χ2n) is 6.28. The maximum Gasteiger partial charge on any atom is 0.172 e. The Bertz CT molecular complexity index is 535. The zero-order valence-corrected chi connectivity index (χ0v) is 13.4. The van der Waals surface area contributed by atoms with Gasteiger partial charge < -0.3 is 20.7 Å². The molecule has 0 heterocycles. The Morgan fingerprint density at radius 3 is 2.48 bits per heavy atom. The summed E-state index contributed by atoms with van der Waals surface area (Å²) < 4.78 is 0. The highest BCUT2D eigenvalue weighted by molar-refractivity contribution is 6.02. The summed E-state index contributed by atoms with van der Waals surface area (Å²) in [4.78, 5) is 4.57. The molecule has 0 unspecified atom stereocenters. The lowest BCUT2D eigenvalue weighted by molar-refractivity contribution is 0.0683. The maximum atomic E-state index is 9.00. The van der Waals surface area contributed by atoms with Crippen molar-refractivity contribution in [3.05, 3.63) is 29.3 Å². The molecule has 0 saturated heterocycles. The van der Waals surface area contributed by atoms with Gasteiger partial charge in [-0.25, -0.2) is 0 Å². The van der Waals surface area contributed by atoms with E-state index in [0.29, 0.717) is 0 Å². The van der Waals surface area contributed by atoms with Crippen molar-refractivity contribution in [3.8, 4) is 0 Å². The molecule has 1 aliphatic carbocycles. The van der Waals surface area contributed by atoms with Crippen LogP contribution in [0.15, 0.2) is 23.4 Å². The van der Waals surface area contributed by atoms with Gasteiger partial charge in [0.25, 0.3) is 0 Å². The number of amidine groups is 1. The number of para-hydroxylation sites is 1. The van der Waals surface area contributed by atoms with E-state index in [1.807, 2.05) is 12.1 Å². The van der Waals surface area contributed by atoms with Crippen molar-refractivity contribution in [1.82, 2.24) is 4.90 Å². The van der Waals surface area contributed by atoms with Crippen LogP contribution in [0.3, 0.4) is 0 Å². The predicted molar refractivity (Wildman–Crippen MR) is 87.2 cm³/mol. The van der Waals surface area contributed by atoms with Gasteiger partial charge in [-0.1, -0.05) is 17.3 Å². The number of rotatable bonds is 5. The van der Waals surface area contributed by atoms with Crippen LogP contribution in [-0.4, -0.2) is 49.2 Å². The minimum absolute atomic E-state index is 0.160. The fourth-order valence-electron chi connectivity index (χ4n) is 3.28. The number of nitrogens with zero attached hydrogens (tertiary/aromatic N) is 3. The zero-order chi connectivity index (χ0) is 15.6. The molecule has 1 aliphatic rings. The predicted octanol–water partition coefficient (Wildman–Crippen LogP) is 2.01. The van der Waals surface area contributed by atoms with E-state index in [1.54, 1.807) is 0 Å². The average molecular weight is 290 g/mol. The molecule has 0 atom stereocenters. The van der Waals surface area contributed by atoms with E-state index < -0.39 is 0 Å². The highest BCUT2D eigenvalue weighted by Crippen LogP contribution is 2.38. The number of oxime groups is 1. The van der Waals surface area contributed by atoms with Gasteiger partial charge in [0.1, 0.15) is 0 Å². The van der Waals surface area contributed by atoms with Crippen molar-refractivity contribution in [2.75, 3.05) is 32.6 Å². The van der Waals surface area contributed by atoms with Crippen LogP contribution >= 0.6 is 0 Å². The minimum atomic E-state index is 0.160. The highest BCUT2D eigenvalue weighted by atomic mass is 16.4. The summed E-state index contributed by atoms with van der Waals surface area (Å²) in [5.41, 5.74) is 9.03. The Morgan fingerprint density at radius 2 is 2.00 bits per heavy atom. The quantitative estimate of drug-likeness (QED) is 0.377. The summed E-state index contributed by atoms with van der Waals surface area (Å²) in [5, 5.41) is 12.2. The van der Waals surface area contributed by atoms with E-state index in [2.05, 4.69) is 49.1 Å².